The van der Waals surface area contributed by atoms with Gasteiger partial charge in [0.15, 0.2) is 5.11 Å². The van der Waals surface area contributed by atoms with Crippen LogP contribution in [-0.4, -0.2) is 55.2 Å². The second-order valence-electron chi connectivity index (χ2n) is 3.05. The van der Waals surface area contributed by atoms with Gasteiger partial charge in [-0.25, -0.2) is 0 Å². The molecule has 0 aliphatic carbocycles. The molecule has 84 valence electrons. The van der Waals surface area contributed by atoms with Crippen molar-refractivity contribution in [3.63, 3.8) is 0 Å². The van der Waals surface area contributed by atoms with E-state index in [1.165, 1.54) is 4.90 Å². The Labute approximate surface area is 92.9 Å². The van der Waals surface area contributed by atoms with Crippen LogP contribution in [0, 0.1) is 0 Å². The molecule has 0 spiro atoms. The van der Waals surface area contributed by atoms with Crippen LogP contribution in [0.2, 0.25) is 0 Å². The molecule has 1 rings (SSSR count). The zero-order chi connectivity index (χ0) is 11.3. The molecule has 1 saturated heterocycles. The van der Waals surface area contributed by atoms with Gasteiger partial charge in [0.2, 0.25) is 11.8 Å². The number of hydrogen-bond acceptors (Lipinski definition) is 4. The van der Waals surface area contributed by atoms with Gasteiger partial charge >= 0.3 is 0 Å². The topological polar surface area (TPSA) is 70.7 Å². The first-order valence-electron chi connectivity index (χ1n) is 4.48. The number of amides is 2. The molecule has 6 nitrogen and oxygen atoms in total. The summed E-state index contributed by atoms with van der Waals surface area (Å²) in [6, 6.07) is 0. The van der Waals surface area contributed by atoms with Crippen molar-refractivity contribution >= 4 is 29.1 Å². The Bertz CT molecular complexity index is 266. The molecule has 0 saturated carbocycles. The Hall–Kier alpha value is -1.21. The van der Waals surface area contributed by atoms with Crippen LogP contribution in [0.3, 0.4) is 0 Å². The van der Waals surface area contributed by atoms with Crippen LogP contribution in [0.15, 0.2) is 0 Å². The largest absolute Gasteiger partial charge is 0.383 e. The number of ether oxygens (including phenoxy) is 1. The van der Waals surface area contributed by atoms with E-state index < -0.39 is 0 Å². The second-order valence-corrected chi connectivity index (χ2v) is 3.44. The van der Waals surface area contributed by atoms with Crippen LogP contribution in [0.1, 0.15) is 0 Å². The first kappa shape index (κ1) is 11.9. The van der Waals surface area contributed by atoms with E-state index in [9.17, 15) is 9.59 Å². The van der Waals surface area contributed by atoms with Gasteiger partial charge < -0.3 is 15.0 Å². The molecule has 0 aromatic heterocycles. The lowest BCUT2D eigenvalue weighted by molar-refractivity contribution is -0.134. The number of carbonyl (C=O) groups excluding carboxylic acids is 2. The molecule has 0 aromatic carbocycles. The van der Waals surface area contributed by atoms with Crippen molar-refractivity contribution in [3.05, 3.63) is 0 Å². The van der Waals surface area contributed by atoms with Crippen LogP contribution in [0.4, 0.5) is 0 Å². The third-order valence-electron chi connectivity index (χ3n) is 1.82. The van der Waals surface area contributed by atoms with Crippen molar-refractivity contribution in [3.8, 4) is 0 Å². The number of nitrogens with one attached hydrogen (secondary N) is 2. The molecular formula is C8H13N3O3S. The maximum atomic E-state index is 11.0. The summed E-state index contributed by atoms with van der Waals surface area (Å²) in [4.78, 5) is 23.6. The van der Waals surface area contributed by atoms with Gasteiger partial charge in [0.05, 0.1) is 19.7 Å². The van der Waals surface area contributed by atoms with Crippen LogP contribution in [-0.2, 0) is 14.3 Å². The molecule has 0 bridgehead atoms. The Morgan fingerprint density at radius 1 is 1.53 bits per heavy atom. The van der Waals surface area contributed by atoms with Crippen molar-refractivity contribution in [1.82, 2.24) is 15.5 Å². The molecule has 2 amide bonds. The minimum absolute atomic E-state index is 0.116. The highest BCUT2D eigenvalue weighted by molar-refractivity contribution is 7.80. The number of methoxy groups -OCH3 is 1. The number of carbonyl (C=O) groups is 2. The maximum absolute atomic E-state index is 11.0. The van der Waals surface area contributed by atoms with Gasteiger partial charge in [-0.1, -0.05) is 0 Å². The lowest BCUT2D eigenvalue weighted by Gasteiger charge is -2.27. The Morgan fingerprint density at radius 3 is 2.67 bits per heavy atom. The normalized spacial score (nSPS) is 16.2. The van der Waals surface area contributed by atoms with E-state index in [-0.39, 0.29) is 24.9 Å². The average Bonchev–Trinajstić information content (AvgIpc) is 2.16. The van der Waals surface area contributed by atoms with Gasteiger partial charge in [0, 0.05) is 13.7 Å². The number of piperazine rings is 1. The lowest BCUT2D eigenvalue weighted by atomic mass is 10.3. The third-order valence-corrected chi connectivity index (χ3v) is 2.22. The number of rotatable bonds is 3. The smallest absolute Gasteiger partial charge is 0.246 e. The molecule has 7 heteroatoms. The molecule has 1 aliphatic heterocycles. The third kappa shape index (κ3) is 3.80. The zero-order valence-corrected chi connectivity index (χ0v) is 9.23. The highest BCUT2D eigenvalue weighted by Crippen LogP contribution is 1.95. The lowest BCUT2D eigenvalue weighted by Crippen LogP contribution is -2.55. The van der Waals surface area contributed by atoms with E-state index in [0.29, 0.717) is 18.3 Å². The minimum atomic E-state index is -0.331. The van der Waals surface area contributed by atoms with Crippen LogP contribution >= 0.6 is 12.2 Å². The summed E-state index contributed by atoms with van der Waals surface area (Å²) in [5.74, 6) is -0.663. The van der Waals surface area contributed by atoms with Crippen LogP contribution in [0.25, 0.3) is 0 Å². The Kier molecular flexibility index (Phi) is 4.44. The molecule has 0 unspecified atom stereocenters. The van der Waals surface area contributed by atoms with Crippen molar-refractivity contribution in [2.75, 3.05) is 33.4 Å². The summed E-state index contributed by atoms with van der Waals surface area (Å²) in [6.45, 7) is 1.31. The van der Waals surface area contributed by atoms with Crippen molar-refractivity contribution in [1.29, 1.82) is 0 Å². The molecule has 0 atom stereocenters. The predicted octanol–water partition coefficient (Wildman–Crippen LogP) is -1.53. The van der Waals surface area contributed by atoms with E-state index in [2.05, 4.69) is 10.6 Å². The van der Waals surface area contributed by atoms with Crippen LogP contribution < -0.4 is 10.6 Å². The van der Waals surface area contributed by atoms with Crippen LogP contribution in [0.5, 0.6) is 0 Å². The number of hydrogen-bond donors (Lipinski definition) is 2. The maximum Gasteiger partial charge on any atom is 0.246 e. The first-order chi connectivity index (χ1) is 7.13. The molecule has 2 N–H and O–H groups in total. The second kappa shape index (κ2) is 5.62. The summed E-state index contributed by atoms with van der Waals surface area (Å²) in [6.07, 6.45) is 0. The van der Waals surface area contributed by atoms with Gasteiger partial charge in [0.25, 0.3) is 0 Å². The molecule has 1 aliphatic rings. The first-order valence-corrected chi connectivity index (χ1v) is 4.88. The van der Waals surface area contributed by atoms with E-state index in [0.717, 1.165) is 0 Å². The fourth-order valence-corrected chi connectivity index (χ4v) is 1.38. The zero-order valence-electron chi connectivity index (χ0n) is 8.41. The fourth-order valence-electron chi connectivity index (χ4n) is 1.15. The van der Waals surface area contributed by atoms with E-state index in [4.69, 9.17) is 17.0 Å². The summed E-state index contributed by atoms with van der Waals surface area (Å²) in [5, 5.41) is 5.49. The highest BCUT2D eigenvalue weighted by Gasteiger charge is 2.23. The Balaban J connectivity index is 2.38. The van der Waals surface area contributed by atoms with E-state index in [1.807, 2.05) is 0 Å². The van der Waals surface area contributed by atoms with Gasteiger partial charge in [-0.05, 0) is 12.2 Å². The molecule has 1 fully saturated rings. The highest BCUT2D eigenvalue weighted by atomic mass is 32.1. The average molecular weight is 231 g/mol. The standard InChI is InChI=1S/C8H13N3O3S/c1-14-3-2-9-8(15)11-4-6(12)10-7(13)5-11/h2-5H2,1H3,(H,9,15)(H,10,12,13). The summed E-state index contributed by atoms with van der Waals surface area (Å²) >= 11 is 5.02. The summed E-state index contributed by atoms with van der Waals surface area (Å²) < 4.78 is 4.83. The van der Waals surface area contributed by atoms with E-state index in [1.54, 1.807) is 7.11 Å². The number of thiocarbonyl (C=S) groups is 1. The van der Waals surface area contributed by atoms with Crippen molar-refractivity contribution in [2.45, 2.75) is 0 Å². The molecule has 0 aromatic rings. The molecular weight excluding hydrogens is 218 g/mol. The minimum Gasteiger partial charge on any atom is -0.383 e. The van der Waals surface area contributed by atoms with Crippen molar-refractivity contribution < 1.29 is 14.3 Å². The SMILES string of the molecule is COCCNC(=S)N1CC(=O)NC(=O)C1. The van der Waals surface area contributed by atoms with Gasteiger partial charge in [-0.2, -0.15) is 0 Å². The predicted molar refractivity (Wildman–Crippen MR) is 57.2 cm³/mol. The Morgan fingerprint density at radius 2 is 2.13 bits per heavy atom. The quantitative estimate of drug-likeness (QED) is 0.349. The molecule has 1 heterocycles. The van der Waals surface area contributed by atoms with Gasteiger partial charge in [-0.15, -0.1) is 0 Å². The molecule has 15 heavy (non-hydrogen) atoms. The monoisotopic (exact) mass is 231 g/mol. The van der Waals surface area contributed by atoms with Gasteiger partial charge in [-0.3, -0.25) is 14.9 Å². The summed E-state index contributed by atoms with van der Waals surface area (Å²) in [7, 11) is 1.59. The van der Waals surface area contributed by atoms with Crippen molar-refractivity contribution in [2.24, 2.45) is 0 Å². The van der Waals surface area contributed by atoms with E-state index >= 15 is 0 Å². The number of nitrogens with zero attached hydrogens (tertiary/aromatic N) is 1. The molecule has 0 radical (unpaired) electrons. The van der Waals surface area contributed by atoms with Gasteiger partial charge in [0.1, 0.15) is 0 Å². The summed E-state index contributed by atoms with van der Waals surface area (Å²) in [5.41, 5.74) is 0. The fraction of sp³-hybridized carbons (Fsp3) is 0.625. The number of imide groups is 1.